The quantitative estimate of drug-likeness (QED) is 0.728. The summed E-state index contributed by atoms with van der Waals surface area (Å²) in [7, 11) is 0. The zero-order valence-corrected chi connectivity index (χ0v) is 11.5. The number of hydrogen-bond acceptors (Lipinski definition) is 5. The van der Waals surface area contributed by atoms with E-state index < -0.39 is 0 Å². The number of fused-ring (bicyclic) bond motifs is 1. The molecule has 0 radical (unpaired) electrons. The molecule has 0 aliphatic carbocycles. The Labute approximate surface area is 113 Å². The Hall–Kier alpha value is -2.02. The molecule has 0 spiro atoms. The maximum atomic E-state index is 12.4. The Kier molecular flexibility index (Phi) is 2.90. The summed E-state index contributed by atoms with van der Waals surface area (Å²) in [6, 6.07) is -0.0199. The number of aryl methyl sites for hydroxylation is 1. The molecule has 6 nitrogen and oxygen atoms in total. The average Bonchev–Trinajstić information content (AvgIpc) is 3.01. The third-order valence-electron chi connectivity index (χ3n) is 3.07. The van der Waals surface area contributed by atoms with E-state index >= 15 is 0 Å². The van der Waals surface area contributed by atoms with E-state index in [1.807, 2.05) is 19.2 Å². The molecule has 7 heteroatoms. The Morgan fingerprint density at radius 2 is 2.26 bits per heavy atom. The normalized spacial score (nSPS) is 12.9. The van der Waals surface area contributed by atoms with Gasteiger partial charge in [0.2, 0.25) is 0 Å². The van der Waals surface area contributed by atoms with Gasteiger partial charge in [-0.25, -0.2) is 9.97 Å². The van der Waals surface area contributed by atoms with Gasteiger partial charge in [-0.3, -0.25) is 14.0 Å². The Bertz CT molecular complexity index is 758. The molecular formula is C12H13N5OS. The lowest BCUT2D eigenvalue weighted by atomic mass is 10.3. The number of aromatic nitrogens is 5. The van der Waals surface area contributed by atoms with Crippen LogP contribution in [0.2, 0.25) is 0 Å². The smallest absolute Gasteiger partial charge is 0.271 e. The third-order valence-corrected chi connectivity index (χ3v) is 4.15. The van der Waals surface area contributed by atoms with Crippen LogP contribution < -0.4 is 5.56 Å². The van der Waals surface area contributed by atoms with Gasteiger partial charge >= 0.3 is 0 Å². The second kappa shape index (κ2) is 4.58. The summed E-state index contributed by atoms with van der Waals surface area (Å²) in [4.78, 5) is 20.7. The van der Waals surface area contributed by atoms with Crippen molar-refractivity contribution in [3.8, 4) is 0 Å². The molecule has 0 saturated heterocycles. The summed E-state index contributed by atoms with van der Waals surface area (Å²) in [5.41, 5.74) is 1.86. The molecule has 0 aliphatic rings. The lowest BCUT2D eigenvalue weighted by molar-refractivity contribution is 0.425. The summed E-state index contributed by atoms with van der Waals surface area (Å²) in [6.45, 7) is 4.53. The molecule has 1 atom stereocenters. The fraction of sp³-hybridized carbons (Fsp3) is 0.333. The van der Waals surface area contributed by atoms with Crippen LogP contribution in [0, 0.1) is 6.92 Å². The second-order valence-electron chi connectivity index (χ2n) is 4.52. The zero-order valence-electron chi connectivity index (χ0n) is 10.6. The first-order chi connectivity index (χ1) is 9.16. The van der Waals surface area contributed by atoms with Crippen LogP contribution in [-0.2, 0) is 6.54 Å². The summed E-state index contributed by atoms with van der Waals surface area (Å²) in [6.07, 6.45) is 4.74. The Morgan fingerprint density at radius 3 is 3.00 bits per heavy atom. The van der Waals surface area contributed by atoms with E-state index in [2.05, 4.69) is 15.1 Å². The molecule has 0 saturated carbocycles. The maximum absolute atomic E-state index is 12.4. The molecule has 0 bridgehead atoms. The number of nitrogens with zero attached hydrogens (tertiary/aromatic N) is 5. The highest BCUT2D eigenvalue weighted by Crippen LogP contribution is 2.20. The van der Waals surface area contributed by atoms with Crippen LogP contribution in [-0.4, -0.2) is 24.3 Å². The molecule has 3 aromatic rings. The van der Waals surface area contributed by atoms with Gasteiger partial charge in [0.25, 0.3) is 5.56 Å². The summed E-state index contributed by atoms with van der Waals surface area (Å²) in [5, 5.41) is 6.01. The first-order valence-corrected chi connectivity index (χ1v) is 6.82. The van der Waals surface area contributed by atoms with Crippen molar-refractivity contribution in [1.29, 1.82) is 0 Å². The minimum absolute atomic E-state index is 0.00992. The van der Waals surface area contributed by atoms with Crippen molar-refractivity contribution in [3.63, 3.8) is 0 Å². The fourth-order valence-corrected chi connectivity index (χ4v) is 2.98. The van der Waals surface area contributed by atoms with Crippen molar-refractivity contribution in [2.75, 3.05) is 0 Å². The van der Waals surface area contributed by atoms with Crippen molar-refractivity contribution in [1.82, 2.24) is 24.3 Å². The van der Waals surface area contributed by atoms with Gasteiger partial charge in [0, 0.05) is 0 Å². The van der Waals surface area contributed by atoms with E-state index in [0.29, 0.717) is 11.2 Å². The molecule has 3 aromatic heterocycles. The highest BCUT2D eigenvalue weighted by Gasteiger charge is 2.13. The van der Waals surface area contributed by atoms with Crippen molar-refractivity contribution in [2.24, 2.45) is 0 Å². The van der Waals surface area contributed by atoms with Gasteiger partial charge in [-0.05, 0) is 24.8 Å². The lowest BCUT2D eigenvalue weighted by Crippen LogP contribution is -2.26. The largest absolute Gasteiger partial charge is 0.293 e. The topological polar surface area (TPSA) is 65.6 Å². The molecule has 0 amide bonds. The van der Waals surface area contributed by atoms with E-state index in [0.717, 1.165) is 11.1 Å². The Balaban J connectivity index is 2.01. The van der Waals surface area contributed by atoms with E-state index in [1.165, 1.54) is 17.7 Å². The first kappa shape index (κ1) is 12.0. The molecule has 0 aliphatic heterocycles. The van der Waals surface area contributed by atoms with Crippen molar-refractivity contribution >= 4 is 21.6 Å². The van der Waals surface area contributed by atoms with Gasteiger partial charge in [0.1, 0.15) is 17.4 Å². The monoisotopic (exact) mass is 275 g/mol. The van der Waals surface area contributed by atoms with Crippen LogP contribution in [0.5, 0.6) is 0 Å². The standard InChI is InChI=1S/C12H13N5OS/c1-8-4-19-11-10(8)14-7-17(12(11)18)9(2)3-16-6-13-5-15-16/h4-7,9H,3H2,1-2H3. The number of thiophene rings is 1. The molecule has 0 aromatic carbocycles. The average molecular weight is 275 g/mol. The molecule has 98 valence electrons. The molecule has 0 N–H and O–H groups in total. The molecule has 3 heterocycles. The van der Waals surface area contributed by atoms with Crippen LogP contribution in [0.25, 0.3) is 10.2 Å². The molecule has 1 unspecified atom stereocenters. The van der Waals surface area contributed by atoms with Crippen molar-refractivity contribution < 1.29 is 0 Å². The van der Waals surface area contributed by atoms with E-state index in [-0.39, 0.29) is 11.6 Å². The summed E-state index contributed by atoms with van der Waals surface area (Å²) >= 11 is 1.45. The third kappa shape index (κ3) is 2.06. The predicted octanol–water partition coefficient (Wildman–Crippen LogP) is 1.62. The lowest BCUT2D eigenvalue weighted by Gasteiger charge is -2.14. The van der Waals surface area contributed by atoms with E-state index in [4.69, 9.17) is 0 Å². The van der Waals surface area contributed by atoms with Crippen LogP contribution in [0.3, 0.4) is 0 Å². The summed E-state index contributed by atoms with van der Waals surface area (Å²) < 4.78 is 4.08. The molecule has 3 rings (SSSR count). The van der Waals surface area contributed by atoms with E-state index in [1.54, 1.807) is 21.9 Å². The van der Waals surface area contributed by atoms with Gasteiger partial charge in [-0.1, -0.05) is 0 Å². The van der Waals surface area contributed by atoms with Gasteiger partial charge in [0.15, 0.2) is 0 Å². The van der Waals surface area contributed by atoms with Crippen LogP contribution in [0.1, 0.15) is 18.5 Å². The predicted molar refractivity (Wildman–Crippen MR) is 73.4 cm³/mol. The zero-order chi connectivity index (χ0) is 13.4. The SMILES string of the molecule is Cc1csc2c(=O)n(C(C)Cn3cncn3)cnc12. The fourth-order valence-electron chi connectivity index (χ4n) is 2.04. The highest BCUT2D eigenvalue weighted by molar-refractivity contribution is 7.17. The first-order valence-electron chi connectivity index (χ1n) is 5.94. The van der Waals surface area contributed by atoms with Gasteiger partial charge in [-0.15, -0.1) is 11.3 Å². The van der Waals surface area contributed by atoms with Gasteiger partial charge in [-0.2, -0.15) is 5.10 Å². The Morgan fingerprint density at radius 1 is 1.42 bits per heavy atom. The van der Waals surface area contributed by atoms with Crippen molar-refractivity contribution in [3.05, 3.63) is 40.3 Å². The van der Waals surface area contributed by atoms with Crippen LogP contribution >= 0.6 is 11.3 Å². The molecular weight excluding hydrogens is 262 g/mol. The highest BCUT2D eigenvalue weighted by atomic mass is 32.1. The van der Waals surface area contributed by atoms with Crippen LogP contribution in [0.4, 0.5) is 0 Å². The van der Waals surface area contributed by atoms with E-state index in [9.17, 15) is 4.79 Å². The number of hydrogen-bond donors (Lipinski definition) is 0. The van der Waals surface area contributed by atoms with Crippen molar-refractivity contribution in [2.45, 2.75) is 26.4 Å². The minimum atomic E-state index is -0.0199. The van der Waals surface area contributed by atoms with Gasteiger partial charge in [0.05, 0.1) is 24.4 Å². The number of rotatable bonds is 3. The van der Waals surface area contributed by atoms with Gasteiger partial charge < -0.3 is 0 Å². The second-order valence-corrected chi connectivity index (χ2v) is 5.40. The summed E-state index contributed by atoms with van der Waals surface area (Å²) in [5.74, 6) is 0. The molecule has 0 fully saturated rings. The minimum Gasteiger partial charge on any atom is -0.293 e. The maximum Gasteiger partial charge on any atom is 0.271 e. The van der Waals surface area contributed by atoms with Crippen LogP contribution in [0.15, 0.2) is 29.2 Å². The molecule has 19 heavy (non-hydrogen) atoms.